The Morgan fingerprint density at radius 1 is 1.38 bits per heavy atom. The normalized spacial score (nSPS) is 24.0. The van der Waals surface area contributed by atoms with Gasteiger partial charge in [0.15, 0.2) is 0 Å². The number of amides is 1. The highest BCUT2D eigenvalue weighted by Crippen LogP contribution is 2.15. The zero-order valence-electron chi connectivity index (χ0n) is 12.2. The first kappa shape index (κ1) is 14.8. The Balaban J connectivity index is 1.43. The molecule has 4 nitrogen and oxygen atoms in total. The van der Waals surface area contributed by atoms with E-state index < -0.39 is 0 Å². The highest BCUT2D eigenvalue weighted by atomic mass is 32.1. The van der Waals surface area contributed by atoms with Crippen LogP contribution in [-0.2, 0) is 9.53 Å². The van der Waals surface area contributed by atoms with Gasteiger partial charge in [0.2, 0.25) is 5.91 Å². The van der Waals surface area contributed by atoms with E-state index in [1.165, 1.54) is 12.8 Å². The van der Waals surface area contributed by atoms with Crippen LogP contribution < -0.4 is 0 Å². The molecule has 0 saturated carbocycles. The van der Waals surface area contributed by atoms with Crippen molar-refractivity contribution >= 4 is 23.3 Å². The smallest absolute Gasteiger partial charge is 0.246 e. The number of carbonyl (C=O) groups excluding carboxylic acids is 1. The van der Waals surface area contributed by atoms with Crippen molar-refractivity contribution < 1.29 is 9.53 Å². The second-order valence-corrected chi connectivity index (χ2v) is 6.59. The van der Waals surface area contributed by atoms with Crippen LogP contribution in [-0.4, -0.2) is 61.1 Å². The minimum atomic E-state index is 0.125. The Morgan fingerprint density at radius 2 is 2.24 bits per heavy atom. The van der Waals surface area contributed by atoms with E-state index in [2.05, 4.69) is 4.90 Å². The average molecular weight is 306 g/mol. The number of thiophene rings is 1. The lowest BCUT2D eigenvalue weighted by Crippen LogP contribution is -2.50. The number of hydrogen-bond acceptors (Lipinski definition) is 4. The lowest BCUT2D eigenvalue weighted by atomic mass is 10.2. The lowest BCUT2D eigenvalue weighted by molar-refractivity contribution is -0.127. The standard InChI is InChI=1S/C16H22N2O2S/c19-16(6-5-15-4-2-12-21-15)18-9-7-17(8-10-18)13-14-3-1-11-20-14/h2,4-6,12,14H,1,3,7-11,13H2. The molecule has 2 saturated heterocycles. The van der Waals surface area contributed by atoms with E-state index in [-0.39, 0.29) is 5.91 Å². The van der Waals surface area contributed by atoms with E-state index >= 15 is 0 Å². The van der Waals surface area contributed by atoms with Crippen molar-refractivity contribution in [3.05, 3.63) is 28.5 Å². The summed E-state index contributed by atoms with van der Waals surface area (Å²) in [5.74, 6) is 0.125. The molecule has 114 valence electrons. The van der Waals surface area contributed by atoms with Gasteiger partial charge in [-0.25, -0.2) is 0 Å². The van der Waals surface area contributed by atoms with Crippen molar-refractivity contribution in [2.75, 3.05) is 39.3 Å². The third kappa shape index (κ3) is 4.15. The van der Waals surface area contributed by atoms with E-state index in [4.69, 9.17) is 4.74 Å². The largest absolute Gasteiger partial charge is 0.377 e. The van der Waals surface area contributed by atoms with Crippen LogP contribution in [0.4, 0.5) is 0 Å². The molecule has 1 aromatic heterocycles. The van der Waals surface area contributed by atoms with Gasteiger partial charge in [-0.1, -0.05) is 6.07 Å². The SMILES string of the molecule is O=C(C=Cc1cccs1)N1CCN(CC2CCCO2)CC1. The molecule has 1 aromatic rings. The second-order valence-electron chi connectivity index (χ2n) is 5.61. The van der Waals surface area contributed by atoms with Crippen LogP contribution in [0.25, 0.3) is 6.08 Å². The molecular weight excluding hydrogens is 284 g/mol. The first-order chi connectivity index (χ1) is 10.3. The number of ether oxygens (including phenoxy) is 1. The molecule has 3 rings (SSSR count). The van der Waals surface area contributed by atoms with Crippen LogP contribution in [0.2, 0.25) is 0 Å². The Bertz CT molecular complexity index is 472. The number of rotatable bonds is 4. The van der Waals surface area contributed by atoms with Gasteiger partial charge in [-0.2, -0.15) is 0 Å². The molecule has 1 amide bonds. The number of hydrogen-bond donors (Lipinski definition) is 0. The highest BCUT2D eigenvalue weighted by molar-refractivity contribution is 7.10. The molecule has 0 aromatic carbocycles. The van der Waals surface area contributed by atoms with Crippen LogP contribution in [0.15, 0.2) is 23.6 Å². The van der Waals surface area contributed by atoms with Gasteiger partial charge in [-0.05, 0) is 30.4 Å². The van der Waals surface area contributed by atoms with Gasteiger partial charge in [0.25, 0.3) is 0 Å². The van der Waals surface area contributed by atoms with Crippen LogP contribution in [0.3, 0.4) is 0 Å². The van der Waals surface area contributed by atoms with Crippen molar-refractivity contribution in [3.8, 4) is 0 Å². The summed E-state index contributed by atoms with van der Waals surface area (Å²) in [7, 11) is 0. The Hall–Kier alpha value is -1.17. The fourth-order valence-electron chi connectivity index (χ4n) is 2.87. The number of piperazine rings is 1. The first-order valence-electron chi connectivity index (χ1n) is 7.66. The van der Waals surface area contributed by atoms with Crippen molar-refractivity contribution in [2.45, 2.75) is 18.9 Å². The Kier molecular flexibility index (Phi) is 5.06. The van der Waals surface area contributed by atoms with Gasteiger partial charge >= 0.3 is 0 Å². The van der Waals surface area contributed by atoms with Gasteiger partial charge in [-0.3, -0.25) is 9.69 Å². The molecule has 2 fully saturated rings. The second kappa shape index (κ2) is 7.20. The highest BCUT2D eigenvalue weighted by Gasteiger charge is 2.23. The van der Waals surface area contributed by atoms with Crippen LogP contribution in [0.1, 0.15) is 17.7 Å². The lowest BCUT2D eigenvalue weighted by Gasteiger charge is -2.35. The summed E-state index contributed by atoms with van der Waals surface area (Å²) < 4.78 is 5.68. The zero-order valence-corrected chi connectivity index (χ0v) is 13.1. The van der Waals surface area contributed by atoms with Crippen LogP contribution in [0.5, 0.6) is 0 Å². The van der Waals surface area contributed by atoms with Gasteiger partial charge in [0.05, 0.1) is 6.10 Å². The molecule has 2 aliphatic rings. The maximum absolute atomic E-state index is 12.1. The minimum Gasteiger partial charge on any atom is -0.377 e. The van der Waals surface area contributed by atoms with E-state index in [9.17, 15) is 4.79 Å². The summed E-state index contributed by atoms with van der Waals surface area (Å²) in [6.07, 6.45) is 6.39. The first-order valence-corrected chi connectivity index (χ1v) is 8.54. The molecule has 0 N–H and O–H groups in total. The molecule has 0 spiro atoms. The number of nitrogens with zero attached hydrogens (tertiary/aromatic N) is 2. The predicted octanol–water partition coefficient (Wildman–Crippen LogP) is 2.08. The molecule has 0 radical (unpaired) electrons. The predicted molar refractivity (Wildman–Crippen MR) is 85.3 cm³/mol. The monoisotopic (exact) mass is 306 g/mol. The number of carbonyl (C=O) groups is 1. The molecule has 0 bridgehead atoms. The van der Waals surface area contributed by atoms with Gasteiger partial charge in [0.1, 0.15) is 0 Å². The third-order valence-corrected chi connectivity index (χ3v) is 4.94. The zero-order chi connectivity index (χ0) is 14.5. The van der Waals surface area contributed by atoms with Gasteiger partial charge < -0.3 is 9.64 Å². The van der Waals surface area contributed by atoms with Crippen LogP contribution in [0, 0.1) is 0 Å². The maximum atomic E-state index is 12.1. The quantitative estimate of drug-likeness (QED) is 0.799. The van der Waals surface area contributed by atoms with Crippen molar-refractivity contribution in [1.82, 2.24) is 9.80 Å². The van der Waals surface area contributed by atoms with Crippen LogP contribution >= 0.6 is 11.3 Å². The molecule has 3 heterocycles. The summed E-state index contributed by atoms with van der Waals surface area (Å²) in [5.41, 5.74) is 0. The fraction of sp³-hybridized carbons (Fsp3) is 0.562. The molecule has 21 heavy (non-hydrogen) atoms. The maximum Gasteiger partial charge on any atom is 0.246 e. The van der Waals surface area contributed by atoms with E-state index in [1.807, 2.05) is 28.5 Å². The molecule has 5 heteroatoms. The van der Waals surface area contributed by atoms with Crippen molar-refractivity contribution in [2.24, 2.45) is 0 Å². The summed E-state index contributed by atoms with van der Waals surface area (Å²) in [6.45, 7) is 5.49. The van der Waals surface area contributed by atoms with Gasteiger partial charge in [0, 0.05) is 50.3 Å². The molecule has 1 atom stereocenters. The third-order valence-electron chi connectivity index (χ3n) is 4.10. The van der Waals surface area contributed by atoms with Gasteiger partial charge in [-0.15, -0.1) is 11.3 Å². The van der Waals surface area contributed by atoms with E-state index in [0.717, 1.165) is 44.2 Å². The fourth-order valence-corrected chi connectivity index (χ4v) is 3.49. The summed E-state index contributed by atoms with van der Waals surface area (Å²) in [4.78, 5) is 17.6. The average Bonchev–Trinajstić information content (AvgIpc) is 3.19. The summed E-state index contributed by atoms with van der Waals surface area (Å²) in [6, 6.07) is 4.02. The Morgan fingerprint density at radius 3 is 2.90 bits per heavy atom. The topological polar surface area (TPSA) is 32.8 Å². The molecule has 1 unspecified atom stereocenters. The molecular formula is C16H22N2O2S. The summed E-state index contributed by atoms with van der Waals surface area (Å²) in [5, 5.41) is 2.02. The van der Waals surface area contributed by atoms with E-state index in [0.29, 0.717) is 6.10 Å². The molecule has 2 aliphatic heterocycles. The minimum absolute atomic E-state index is 0.125. The Labute approximate surface area is 130 Å². The van der Waals surface area contributed by atoms with Crippen molar-refractivity contribution in [3.63, 3.8) is 0 Å². The van der Waals surface area contributed by atoms with Crippen molar-refractivity contribution in [1.29, 1.82) is 0 Å². The summed E-state index contributed by atoms with van der Waals surface area (Å²) >= 11 is 1.65. The van der Waals surface area contributed by atoms with E-state index in [1.54, 1.807) is 17.4 Å². The molecule has 0 aliphatic carbocycles.